The SMILES string of the molecule is CCCCCCCCCCCCCCCCCC[N+](C)(C)CCC[Si]12OCC([N+](C)(C)C)(CO1)CO2. The lowest BCUT2D eigenvalue weighted by Crippen LogP contribution is -2.76. The summed E-state index contributed by atoms with van der Waals surface area (Å²) in [5, 5.41) is 0. The van der Waals surface area contributed by atoms with Crippen molar-refractivity contribution < 1.29 is 22.2 Å². The van der Waals surface area contributed by atoms with Crippen LogP contribution in [0.4, 0.5) is 0 Å². The van der Waals surface area contributed by atoms with Gasteiger partial charge in [-0.1, -0.05) is 96.8 Å². The highest BCUT2D eigenvalue weighted by molar-refractivity contribution is 6.61. The molecule has 3 heterocycles. The summed E-state index contributed by atoms with van der Waals surface area (Å²) in [6, 6.07) is 0.973. The third-order valence-corrected chi connectivity index (χ3v) is 11.7. The van der Waals surface area contributed by atoms with E-state index in [1.165, 1.54) is 116 Å². The van der Waals surface area contributed by atoms with Gasteiger partial charge in [-0.25, -0.2) is 0 Å². The van der Waals surface area contributed by atoms with Crippen LogP contribution in [0.2, 0.25) is 6.04 Å². The molecule has 0 aromatic heterocycles. The van der Waals surface area contributed by atoms with E-state index in [0.29, 0.717) is 0 Å². The van der Waals surface area contributed by atoms with Gasteiger partial charge in [0.1, 0.15) is 0 Å². The van der Waals surface area contributed by atoms with Crippen LogP contribution in [-0.2, 0) is 13.3 Å². The van der Waals surface area contributed by atoms with Gasteiger partial charge in [-0.05, 0) is 12.8 Å². The number of likely N-dealkylation sites (N-methyl/N-ethyl adjacent to an activating group) is 1. The van der Waals surface area contributed by atoms with Crippen LogP contribution in [0.1, 0.15) is 116 Å². The Morgan fingerprint density at radius 3 is 1.28 bits per heavy atom. The maximum absolute atomic E-state index is 6.27. The van der Waals surface area contributed by atoms with Gasteiger partial charge in [0.2, 0.25) is 0 Å². The number of fused-ring (bicyclic) bond motifs is 3. The Kier molecular flexibility index (Phi) is 14.5. The van der Waals surface area contributed by atoms with E-state index in [1.807, 2.05) is 0 Å². The molecule has 0 N–H and O–H groups in total. The molecular formula is C30H64N2O3Si+2. The molecule has 3 rings (SSSR count). The van der Waals surface area contributed by atoms with Crippen molar-refractivity contribution in [2.24, 2.45) is 0 Å². The molecule has 3 aliphatic heterocycles. The quantitative estimate of drug-likeness (QED) is 0.0846. The summed E-state index contributed by atoms with van der Waals surface area (Å²) in [5.41, 5.74) is -0.0304. The van der Waals surface area contributed by atoms with Gasteiger partial charge in [0, 0.05) is 12.5 Å². The summed E-state index contributed by atoms with van der Waals surface area (Å²) >= 11 is 0. The van der Waals surface area contributed by atoms with Crippen molar-refractivity contribution in [3.63, 3.8) is 0 Å². The van der Waals surface area contributed by atoms with E-state index in [-0.39, 0.29) is 5.54 Å². The molecule has 0 saturated carbocycles. The summed E-state index contributed by atoms with van der Waals surface area (Å²) < 4.78 is 20.8. The van der Waals surface area contributed by atoms with Gasteiger partial charge in [0.05, 0.1) is 68.1 Å². The van der Waals surface area contributed by atoms with Crippen molar-refractivity contribution in [2.75, 3.05) is 68.1 Å². The summed E-state index contributed by atoms with van der Waals surface area (Å²) in [5.74, 6) is 0. The average molecular weight is 529 g/mol. The lowest BCUT2D eigenvalue weighted by atomic mass is 9.99. The van der Waals surface area contributed by atoms with E-state index in [9.17, 15) is 0 Å². The van der Waals surface area contributed by atoms with E-state index in [4.69, 9.17) is 13.3 Å². The van der Waals surface area contributed by atoms with E-state index >= 15 is 0 Å². The fourth-order valence-corrected chi connectivity index (χ4v) is 8.44. The first-order chi connectivity index (χ1) is 17.1. The topological polar surface area (TPSA) is 27.7 Å². The van der Waals surface area contributed by atoms with Crippen LogP contribution in [0.5, 0.6) is 0 Å². The van der Waals surface area contributed by atoms with Gasteiger partial charge >= 0.3 is 8.80 Å². The molecule has 214 valence electrons. The molecule has 3 fully saturated rings. The molecule has 0 amide bonds. The smallest absolute Gasteiger partial charge is 0.367 e. The van der Waals surface area contributed by atoms with Crippen molar-refractivity contribution in [3.8, 4) is 0 Å². The van der Waals surface area contributed by atoms with Crippen molar-refractivity contribution >= 4 is 8.80 Å². The third-order valence-electron chi connectivity index (χ3n) is 8.97. The van der Waals surface area contributed by atoms with Gasteiger partial charge < -0.3 is 22.2 Å². The van der Waals surface area contributed by atoms with Crippen LogP contribution < -0.4 is 0 Å². The second-order valence-electron chi connectivity index (χ2n) is 13.6. The molecule has 0 radical (unpaired) electrons. The lowest BCUT2D eigenvalue weighted by molar-refractivity contribution is -0.928. The van der Waals surface area contributed by atoms with E-state index in [1.54, 1.807) is 0 Å². The molecule has 0 aromatic carbocycles. The number of nitrogens with zero attached hydrogens (tertiary/aromatic N) is 2. The van der Waals surface area contributed by atoms with Crippen LogP contribution in [0.15, 0.2) is 0 Å². The van der Waals surface area contributed by atoms with E-state index in [0.717, 1.165) is 41.3 Å². The van der Waals surface area contributed by atoms with Gasteiger partial charge in [0.15, 0.2) is 5.54 Å². The third kappa shape index (κ3) is 11.4. The highest BCUT2D eigenvalue weighted by Crippen LogP contribution is 2.37. The molecule has 0 atom stereocenters. The fourth-order valence-electron chi connectivity index (χ4n) is 5.70. The zero-order valence-corrected chi connectivity index (χ0v) is 26.4. The maximum atomic E-state index is 6.27. The largest absolute Gasteiger partial charge is 0.501 e. The van der Waals surface area contributed by atoms with Crippen molar-refractivity contribution in [3.05, 3.63) is 0 Å². The molecule has 0 unspecified atom stereocenters. The lowest BCUT2D eigenvalue weighted by Gasteiger charge is -2.55. The summed E-state index contributed by atoms with van der Waals surface area (Å²) in [6.07, 6.45) is 24.1. The van der Waals surface area contributed by atoms with Gasteiger partial charge in [-0.3, -0.25) is 0 Å². The molecule has 0 spiro atoms. The van der Waals surface area contributed by atoms with Crippen molar-refractivity contribution in [2.45, 2.75) is 128 Å². The molecule has 3 aliphatic rings. The van der Waals surface area contributed by atoms with E-state index < -0.39 is 8.80 Å². The van der Waals surface area contributed by atoms with Crippen LogP contribution >= 0.6 is 0 Å². The van der Waals surface area contributed by atoms with Gasteiger partial charge in [0.25, 0.3) is 0 Å². The standard InChI is InChI=1S/C30H64N2O3Si/c1-7-8-9-10-11-12-13-14-15-16-17-18-19-20-21-22-24-32(5,6)25-23-26-36-33-27-30(28-34-36,29-35-36)31(2,3)4/h7-29H2,1-6H3/q+2. The number of quaternary nitrogens is 2. The summed E-state index contributed by atoms with van der Waals surface area (Å²) in [7, 11) is 9.01. The minimum Gasteiger partial charge on any atom is -0.367 e. The summed E-state index contributed by atoms with van der Waals surface area (Å²) in [6.45, 7) is 7.14. The minimum absolute atomic E-state index is 0.0304. The van der Waals surface area contributed by atoms with Crippen LogP contribution in [0.25, 0.3) is 0 Å². The fraction of sp³-hybridized carbons (Fsp3) is 1.00. The zero-order chi connectivity index (χ0) is 26.4. The van der Waals surface area contributed by atoms with Crippen molar-refractivity contribution in [1.82, 2.24) is 0 Å². The predicted molar refractivity (Wildman–Crippen MR) is 155 cm³/mol. The molecule has 36 heavy (non-hydrogen) atoms. The van der Waals surface area contributed by atoms with Crippen LogP contribution in [-0.4, -0.2) is 91.5 Å². The van der Waals surface area contributed by atoms with Gasteiger partial charge in [-0.15, -0.1) is 0 Å². The van der Waals surface area contributed by atoms with Crippen LogP contribution in [0, 0.1) is 0 Å². The normalized spacial score (nSPS) is 24.5. The number of unbranched alkanes of at least 4 members (excludes halogenated alkanes) is 15. The second kappa shape index (κ2) is 16.2. The Morgan fingerprint density at radius 2 is 0.889 bits per heavy atom. The molecule has 5 nitrogen and oxygen atoms in total. The highest BCUT2D eigenvalue weighted by atomic mass is 28.4. The molecule has 3 saturated heterocycles. The second-order valence-corrected chi connectivity index (χ2v) is 16.3. The molecule has 6 heteroatoms. The molecule has 0 aliphatic carbocycles. The highest BCUT2D eigenvalue weighted by Gasteiger charge is 2.61. The first-order valence-electron chi connectivity index (χ1n) is 15.7. The summed E-state index contributed by atoms with van der Waals surface area (Å²) in [4.78, 5) is 0. The number of hydrogen-bond acceptors (Lipinski definition) is 3. The Labute approximate surface area is 226 Å². The Bertz CT molecular complexity index is 555. The first kappa shape index (κ1) is 32.2. The van der Waals surface area contributed by atoms with E-state index in [2.05, 4.69) is 42.2 Å². The molecular weight excluding hydrogens is 464 g/mol. The predicted octanol–water partition coefficient (Wildman–Crippen LogP) is 7.18. The Balaban J connectivity index is 1.40. The first-order valence-corrected chi connectivity index (χ1v) is 17.6. The van der Waals surface area contributed by atoms with Crippen molar-refractivity contribution in [1.29, 1.82) is 0 Å². The maximum Gasteiger partial charge on any atom is 0.501 e. The van der Waals surface area contributed by atoms with Crippen LogP contribution in [0.3, 0.4) is 0 Å². The Morgan fingerprint density at radius 1 is 0.528 bits per heavy atom. The van der Waals surface area contributed by atoms with Gasteiger partial charge in [-0.2, -0.15) is 0 Å². The minimum atomic E-state index is -2.41. The number of hydrogen-bond donors (Lipinski definition) is 0. The monoisotopic (exact) mass is 528 g/mol. The zero-order valence-electron chi connectivity index (χ0n) is 25.4. The molecule has 0 aromatic rings. The average Bonchev–Trinajstić information content (AvgIpc) is 2.84. The number of rotatable bonds is 22. The molecule has 2 bridgehead atoms. The Hall–Kier alpha value is 0.0169.